The van der Waals surface area contributed by atoms with Gasteiger partial charge in [-0.1, -0.05) is 6.07 Å². The topological polar surface area (TPSA) is 86.8 Å². The summed E-state index contributed by atoms with van der Waals surface area (Å²) < 4.78 is 15.8. The number of cyclic esters (lactones) is 1. The minimum absolute atomic E-state index is 0.00309. The predicted octanol–water partition coefficient (Wildman–Crippen LogP) is 2.34. The number of hydrogen-bond acceptors (Lipinski definition) is 6. The summed E-state index contributed by atoms with van der Waals surface area (Å²) in [5, 5.41) is 2.72. The molecule has 7 heteroatoms. The van der Waals surface area contributed by atoms with E-state index in [0.29, 0.717) is 28.3 Å². The summed E-state index contributed by atoms with van der Waals surface area (Å²) in [7, 11) is 2.94. The Kier molecular flexibility index (Phi) is 4.33. The van der Waals surface area contributed by atoms with Crippen LogP contribution in [0, 0.1) is 0 Å². The standard InChI is InChI=1S/C17H16N2O5/c1-22-12-6-5-11-13(24-17(21)15(11)16(12)23-2)8-14(20)19-10-4-3-7-18-9-10/h3-7,9,13H,8H2,1-2H3,(H,19,20)/t13-/m1/s1. The molecule has 2 heterocycles. The first-order valence-electron chi connectivity index (χ1n) is 7.29. The van der Waals surface area contributed by atoms with Crippen LogP contribution >= 0.6 is 0 Å². The van der Waals surface area contributed by atoms with Crippen molar-refractivity contribution in [3.63, 3.8) is 0 Å². The number of rotatable bonds is 5. The Morgan fingerprint density at radius 3 is 2.79 bits per heavy atom. The first kappa shape index (κ1) is 15.8. The summed E-state index contributed by atoms with van der Waals surface area (Å²) in [4.78, 5) is 28.3. The van der Waals surface area contributed by atoms with Gasteiger partial charge in [0.1, 0.15) is 11.7 Å². The van der Waals surface area contributed by atoms with Crippen LogP contribution in [0.5, 0.6) is 11.5 Å². The third-order valence-corrected chi connectivity index (χ3v) is 3.69. The van der Waals surface area contributed by atoms with Crippen molar-refractivity contribution >= 4 is 17.6 Å². The zero-order chi connectivity index (χ0) is 17.1. The third kappa shape index (κ3) is 2.88. The lowest BCUT2D eigenvalue weighted by Gasteiger charge is -2.12. The van der Waals surface area contributed by atoms with E-state index in [1.807, 2.05) is 0 Å². The molecule has 124 valence electrons. The molecule has 0 saturated heterocycles. The van der Waals surface area contributed by atoms with Gasteiger partial charge >= 0.3 is 5.97 Å². The molecule has 7 nitrogen and oxygen atoms in total. The fourth-order valence-electron chi connectivity index (χ4n) is 2.64. The number of methoxy groups -OCH3 is 2. The molecule has 0 saturated carbocycles. The smallest absolute Gasteiger partial charge is 0.343 e. The van der Waals surface area contributed by atoms with Gasteiger partial charge in [0.15, 0.2) is 11.5 Å². The first-order valence-corrected chi connectivity index (χ1v) is 7.29. The predicted molar refractivity (Wildman–Crippen MR) is 85.2 cm³/mol. The Bertz CT molecular complexity index is 776. The fraction of sp³-hybridized carbons (Fsp3) is 0.235. The number of carbonyl (C=O) groups excluding carboxylic acids is 2. The molecule has 0 radical (unpaired) electrons. The highest BCUT2D eigenvalue weighted by atomic mass is 16.6. The fourth-order valence-corrected chi connectivity index (χ4v) is 2.64. The highest BCUT2D eigenvalue weighted by Crippen LogP contribution is 2.42. The maximum atomic E-state index is 12.2. The van der Waals surface area contributed by atoms with Crippen molar-refractivity contribution < 1.29 is 23.8 Å². The molecule has 0 fully saturated rings. The van der Waals surface area contributed by atoms with Gasteiger partial charge in [-0.3, -0.25) is 9.78 Å². The number of ether oxygens (including phenoxy) is 3. The maximum absolute atomic E-state index is 12.2. The molecular weight excluding hydrogens is 312 g/mol. The van der Waals surface area contributed by atoms with Crippen LogP contribution in [-0.4, -0.2) is 31.1 Å². The number of anilines is 1. The van der Waals surface area contributed by atoms with Crippen molar-refractivity contribution in [2.24, 2.45) is 0 Å². The number of nitrogens with zero attached hydrogens (tertiary/aromatic N) is 1. The molecule has 0 spiro atoms. The number of pyridine rings is 1. The van der Waals surface area contributed by atoms with Crippen LogP contribution in [0.25, 0.3) is 0 Å². The molecule has 1 aromatic carbocycles. The molecule has 24 heavy (non-hydrogen) atoms. The molecule has 0 aliphatic carbocycles. The second kappa shape index (κ2) is 6.57. The van der Waals surface area contributed by atoms with E-state index in [2.05, 4.69) is 10.3 Å². The van der Waals surface area contributed by atoms with Crippen molar-refractivity contribution in [2.75, 3.05) is 19.5 Å². The first-order chi connectivity index (χ1) is 11.6. The number of fused-ring (bicyclic) bond motifs is 1. The zero-order valence-corrected chi connectivity index (χ0v) is 13.2. The molecule has 1 aliphatic rings. The number of esters is 1. The Morgan fingerprint density at radius 1 is 1.29 bits per heavy atom. The minimum Gasteiger partial charge on any atom is -0.493 e. The van der Waals surface area contributed by atoms with Crippen molar-refractivity contribution in [3.05, 3.63) is 47.8 Å². The van der Waals surface area contributed by atoms with Crippen molar-refractivity contribution in [3.8, 4) is 11.5 Å². The molecule has 1 N–H and O–H groups in total. The minimum atomic E-state index is -0.663. The largest absolute Gasteiger partial charge is 0.493 e. The van der Waals surface area contributed by atoms with Crippen LogP contribution in [0.1, 0.15) is 28.4 Å². The van der Waals surface area contributed by atoms with Gasteiger partial charge in [-0.25, -0.2) is 4.79 Å². The number of amides is 1. The van der Waals surface area contributed by atoms with E-state index in [1.165, 1.54) is 14.2 Å². The third-order valence-electron chi connectivity index (χ3n) is 3.69. The molecule has 0 unspecified atom stereocenters. The molecule has 1 aliphatic heterocycles. The Morgan fingerprint density at radius 2 is 2.12 bits per heavy atom. The Balaban J connectivity index is 1.81. The summed E-state index contributed by atoms with van der Waals surface area (Å²) in [5.41, 5.74) is 1.49. The second-order valence-electron chi connectivity index (χ2n) is 5.15. The van der Waals surface area contributed by atoms with Gasteiger partial charge < -0.3 is 19.5 Å². The number of hydrogen-bond donors (Lipinski definition) is 1. The van der Waals surface area contributed by atoms with E-state index in [1.54, 1.807) is 36.7 Å². The van der Waals surface area contributed by atoms with Crippen molar-refractivity contribution in [1.29, 1.82) is 0 Å². The molecular formula is C17H16N2O5. The maximum Gasteiger partial charge on any atom is 0.343 e. The molecule has 3 rings (SSSR count). The Labute approximate surface area is 138 Å². The highest BCUT2D eigenvalue weighted by molar-refractivity contribution is 5.99. The quantitative estimate of drug-likeness (QED) is 0.848. The van der Waals surface area contributed by atoms with E-state index in [-0.39, 0.29) is 12.3 Å². The summed E-state index contributed by atoms with van der Waals surface area (Å²) in [5.74, 6) is -0.0489. The summed E-state index contributed by atoms with van der Waals surface area (Å²) >= 11 is 0. The SMILES string of the molecule is COc1ccc2c(c1OC)C(=O)O[C@@H]2CC(=O)Nc1cccnc1. The summed E-state index contributed by atoms with van der Waals surface area (Å²) in [6.45, 7) is 0. The van der Waals surface area contributed by atoms with Gasteiger partial charge in [0, 0.05) is 11.8 Å². The number of aromatic nitrogens is 1. The summed E-state index contributed by atoms with van der Waals surface area (Å²) in [6.07, 6.45) is 2.50. The van der Waals surface area contributed by atoms with Gasteiger partial charge in [0.05, 0.1) is 32.5 Å². The lowest BCUT2D eigenvalue weighted by atomic mass is 10.0. The average molecular weight is 328 g/mol. The monoisotopic (exact) mass is 328 g/mol. The zero-order valence-electron chi connectivity index (χ0n) is 13.2. The molecule has 1 amide bonds. The van der Waals surface area contributed by atoms with Crippen LogP contribution in [0.4, 0.5) is 5.69 Å². The van der Waals surface area contributed by atoms with Gasteiger partial charge in [-0.15, -0.1) is 0 Å². The number of carbonyl (C=O) groups is 2. The van der Waals surface area contributed by atoms with E-state index < -0.39 is 12.1 Å². The van der Waals surface area contributed by atoms with Crippen LogP contribution in [0.3, 0.4) is 0 Å². The molecule has 0 bridgehead atoms. The van der Waals surface area contributed by atoms with Crippen LogP contribution < -0.4 is 14.8 Å². The van der Waals surface area contributed by atoms with Crippen LogP contribution in [0.15, 0.2) is 36.7 Å². The van der Waals surface area contributed by atoms with Crippen LogP contribution in [0.2, 0.25) is 0 Å². The lowest BCUT2D eigenvalue weighted by molar-refractivity contribution is -0.118. The van der Waals surface area contributed by atoms with Gasteiger partial charge in [-0.05, 0) is 18.2 Å². The summed E-state index contributed by atoms with van der Waals surface area (Å²) in [6, 6.07) is 6.85. The average Bonchev–Trinajstić information content (AvgIpc) is 2.90. The number of benzene rings is 1. The Hall–Kier alpha value is -3.09. The van der Waals surface area contributed by atoms with Gasteiger partial charge in [0.2, 0.25) is 5.91 Å². The van der Waals surface area contributed by atoms with Crippen LogP contribution in [-0.2, 0) is 9.53 Å². The van der Waals surface area contributed by atoms with E-state index in [4.69, 9.17) is 14.2 Å². The normalized spacial score (nSPS) is 15.4. The van der Waals surface area contributed by atoms with E-state index in [0.717, 1.165) is 0 Å². The molecule has 2 aromatic rings. The second-order valence-corrected chi connectivity index (χ2v) is 5.15. The lowest BCUT2D eigenvalue weighted by Crippen LogP contribution is -2.15. The highest BCUT2D eigenvalue weighted by Gasteiger charge is 2.36. The van der Waals surface area contributed by atoms with Crippen molar-refractivity contribution in [1.82, 2.24) is 4.98 Å². The number of nitrogens with one attached hydrogen (secondary N) is 1. The van der Waals surface area contributed by atoms with E-state index >= 15 is 0 Å². The molecule has 1 aromatic heterocycles. The van der Waals surface area contributed by atoms with E-state index in [9.17, 15) is 9.59 Å². The molecule has 1 atom stereocenters. The van der Waals surface area contributed by atoms with Crippen molar-refractivity contribution in [2.45, 2.75) is 12.5 Å². The van der Waals surface area contributed by atoms with Gasteiger partial charge in [-0.2, -0.15) is 0 Å². The van der Waals surface area contributed by atoms with Gasteiger partial charge in [0.25, 0.3) is 0 Å².